The Kier molecular flexibility index (Phi) is 4.58. The van der Waals surface area contributed by atoms with E-state index in [0.29, 0.717) is 13.2 Å². The normalized spacial score (nSPS) is 13.1. The van der Waals surface area contributed by atoms with Crippen LogP contribution < -0.4 is 9.47 Å². The van der Waals surface area contributed by atoms with E-state index in [4.69, 9.17) is 9.47 Å². The van der Waals surface area contributed by atoms with Gasteiger partial charge in [-0.15, -0.1) is 56.7 Å². The Labute approximate surface area is 188 Å². The Balaban J connectivity index is 1.44. The molecule has 0 atom stereocenters. The van der Waals surface area contributed by atoms with Crippen molar-refractivity contribution in [3.63, 3.8) is 0 Å². The first-order valence-corrected chi connectivity index (χ1v) is 13.3. The van der Waals surface area contributed by atoms with Crippen molar-refractivity contribution in [2.45, 2.75) is 0 Å². The fraction of sp³-hybridized carbons (Fsp3) is 0.0909. The summed E-state index contributed by atoms with van der Waals surface area (Å²) in [7, 11) is 0. The fourth-order valence-corrected chi connectivity index (χ4v) is 8.38. The highest BCUT2D eigenvalue weighted by Gasteiger charge is 2.28. The number of ether oxygens (including phenoxy) is 2. The predicted molar refractivity (Wildman–Crippen MR) is 129 cm³/mol. The van der Waals surface area contributed by atoms with Gasteiger partial charge in [-0.2, -0.15) is 0 Å². The molecule has 0 saturated carbocycles. The molecule has 7 heteroatoms. The van der Waals surface area contributed by atoms with Crippen LogP contribution in [0.3, 0.4) is 0 Å². The zero-order valence-electron chi connectivity index (χ0n) is 15.0. The summed E-state index contributed by atoms with van der Waals surface area (Å²) in [6.07, 6.45) is 0. The first kappa shape index (κ1) is 17.9. The molecule has 1 aliphatic rings. The van der Waals surface area contributed by atoms with Gasteiger partial charge in [0.1, 0.15) is 13.2 Å². The van der Waals surface area contributed by atoms with E-state index in [1.54, 1.807) is 34.0 Å². The van der Waals surface area contributed by atoms with Gasteiger partial charge in [0.2, 0.25) is 0 Å². The fourth-order valence-electron chi connectivity index (χ4n) is 3.30. The van der Waals surface area contributed by atoms with Crippen LogP contribution in [0.25, 0.3) is 39.0 Å². The van der Waals surface area contributed by atoms with Gasteiger partial charge in [0.25, 0.3) is 0 Å². The third-order valence-corrected chi connectivity index (χ3v) is 10.4. The van der Waals surface area contributed by atoms with Gasteiger partial charge in [0.15, 0.2) is 11.5 Å². The zero-order valence-corrected chi connectivity index (χ0v) is 19.1. The molecule has 6 rings (SSSR count). The molecule has 5 aromatic heterocycles. The highest BCUT2D eigenvalue weighted by Crippen LogP contribution is 2.56. The van der Waals surface area contributed by atoms with Crippen LogP contribution in [0.1, 0.15) is 0 Å². The van der Waals surface area contributed by atoms with Gasteiger partial charge in [-0.05, 0) is 47.2 Å². The molecule has 6 heterocycles. The van der Waals surface area contributed by atoms with E-state index in [-0.39, 0.29) is 0 Å². The molecule has 0 radical (unpaired) electrons. The monoisotopic (exact) mass is 470 g/mol. The summed E-state index contributed by atoms with van der Waals surface area (Å²) in [6, 6.07) is 17.4. The van der Waals surface area contributed by atoms with Gasteiger partial charge in [0.05, 0.1) is 9.75 Å². The Morgan fingerprint density at radius 1 is 0.517 bits per heavy atom. The second-order valence-corrected chi connectivity index (χ2v) is 11.5. The first-order chi connectivity index (χ1) is 14.4. The Morgan fingerprint density at radius 2 is 1.00 bits per heavy atom. The molecule has 0 amide bonds. The van der Waals surface area contributed by atoms with Crippen LogP contribution in [0.15, 0.2) is 59.3 Å². The van der Waals surface area contributed by atoms with Crippen LogP contribution in [0, 0.1) is 0 Å². The van der Waals surface area contributed by atoms with Gasteiger partial charge in [-0.1, -0.05) is 12.1 Å². The number of rotatable bonds is 4. The standard InChI is InChI=1S/C22H14O2S5/c1-3-13(25-11-1)15-5-7-17(27-15)21-19-20(24-10-9-23-19)22(29-21)18-8-6-16(28-18)14-4-2-12-26-14/h1-8,11-12H,9-10H2. The van der Waals surface area contributed by atoms with Gasteiger partial charge >= 0.3 is 0 Å². The topological polar surface area (TPSA) is 18.5 Å². The summed E-state index contributed by atoms with van der Waals surface area (Å²) in [5, 5.41) is 4.25. The lowest BCUT2D eigenvalue weighted by molar-refractivity contribution is 0.175. The second-order valence-electron chi connectivity index (χ2n) is 6.40. The van der Waals surface area contributed by atoms with Crippen molar-refractivity contribution in [2.75, 3.05) is 13.2 Å². The van der Waals surface area contributed by atoms with Gasteiger partial charge in [-0.3, -0.25) is 0 Å². The Hall–Kier alpha value is -1.90. The lowest BCUT2D eigenvalue weighted by Gasteiger charge is -2.16. The number of hydrogen-bond donors (Lipinski definition) is 0. The summed E-state index contributed by atoms with van der Waals surface area (Å²) in [5.74, 6) is 1.81. The van der Waals surface area contributed by atoms with Gasteiger partial charge in [-0.25, -0.2) is 0 Å². The van der Waals surface area contributed by atoms with E-state index in [2.05, 4.69) is 59.3 Å². The van der Waals surface area contributed by atoms with Crippen molar-refractivity contribution in [3.05, 3.63) is 59.3 Å². The lowest BCUT2D eigenvalue weighted by atomic mass is 10.2. The van der Waals surface area contributed by atoms with Crippen molar-refractivity contribution < 1.29 is 9.47 Å². The predicted octanol–water partition coefficient (Wildman–Crippen LogP) is 8.43. The molecule has 0 fully saturated rings. The van der Waals surface area contributed by atoms with Gasteiger partial charge in [0, 0.05) is 29.3 Å². The van der Waals surface area contributed by atoms with Crippen LogP contribution in [-0.2, 0) is 0 Å². The SMILES string of the molecule is c1csc(-c2ccc(-c3sc(-c4ccc(-c5cccs5)s4)c4c3OCCO4)s2)c1. The van der Waals surface area contributed by atoms with Crippen molar-refractivity contribution in [1.29, 1.82) is 0 Å². The van der Waals surface area contributed by atoms with Crippen LogP contribution in [0.5, 0.6) is 11.5 Å². The minimum Gasteiger partial charge on any atom is -0.485 e. The van der Waals surface area contributed by atoms with Crippen molar-refractivity contribution in [2.24, 2.45) is 0 Å². The first-order valence-electron chi connectivity index (χ1n) is 9.07. The van der Waals surface area contributed by atoms with E-state index in [0.717, 1.165) is 11.5 Å². The molecule has 1 aliphatic heterocycles. The molecule has 29 heavy (non-hydrogen) atoms. The third kappa shape index (κ3) is 3.17. The molecule has 0 N–H and O–H groups in total. The second kappa shape index (κ2) is 7.41. The zero-order chi connectivity index (χ0) is 19.2. The van der Waals surface area contributed by atoms with Crippen molar-refractivity contribution in [1.82, 2.24) is 0 Å². The number of thiophene rings is 5. The minimum absolute atomic E-state index is 0.601. The molecule has 0 aliphatic carbocycles. The van der Waals surface area contributed by atoms with E-state index in [1.165, 1.54) is 39.0 Å². The summed E-state index contributed by atoms with van der Waals surface area (Å²) >= 11 is 8.97. The maximum atomic E-state index is 6.09. The van der Waals surface area contributed by atoms with E-state index < -0.39 is 0 Å². The minimum atomic E-state index is 0.601. The summed E-state index contributed by atoms with van der Waals surface area (Å²) < 4.78 is 12.2. The van der Waals surface area contributed by atoms with Crippen LogP contribution in [-0.4, -0.2) is 13.2 Å². The molecule has 5 aromatic rings. The highest BCUT2D eigenvalue weighted by molar-refractivity contribution is 7.30. The van der Waals surface area contributed by atoms with E-state index in [1.807, 2.05) is 22.7 Å². The molecule has 0 spiro atoms. The molecule has 144 valence electrons. The summed E-state index contributed by atoms with van der Waals surface area (Å²) in [4.78, 5) is 10.0. The van der Waals surface area contributed by atoms with Gasteiger partial charge < -0.3 is 9.47 Å². The smallest absolute Gasteiger partial charge is 0.181 e. The van der Waals surface area contributed by atoms with Crippen LogP contribution in [0.4, 0.5) is 0 Å². The molecule has 0 aromatic carbocycles. The number of hydrogen-bond acceptors (Lipinski definition) is 7. The quantitative estimate of drug-likeness (QED) is 0.262. The van der Waals surface area contributed by atoms with Crippen molar-refractivity contribution >= 4 is 56.7 Å². The summed E-state index contributed by atoms with van der Waals surface area (Å²) in [6.45, 7) is 1.20. The van der Waals surface area contributed by atoms with Crippen molar-refractivity contribution in [3.8, 4) is 50.5 Å². The maximum Gasteiger partial charge on any atom is 0.181 e. The number of fused-ring (bicyclic) bond motifs is 1. The molecular formula is C22H14O2S5. The molecule has 0 unspecified atom stereocenters. The van der Waals surface area contributed by atoms with Crippen LogP contribution >= 0.6 is 56.7 Å². The molecule has 0 saturated heterocycles. The molecular weight excluding hydrogens is 457 g/mol. The maximum absolute atomic E-state index is 6.09. The third-order valence-electron chi connectivity index (χ3n) is 4.59. The highest BCUT2D eigenvalue weighted by atomic mass is 32.1. The van der Waals surface area contributed by atoms with Crippen LogP contribution in [0.2, 0.25) is 0 Å². The Morgan fingerprint density at radius 3 is 1.45 bits per heavy atom. The molecule has 0 bridgehead atoms. The molecule has 2 nitrogen and oxygen atoms in total. The average Bonchev–Trinajstić information content (AvgIpc) is 3.56. The average molecular weight is 471 g/mol. The summed E-state index contributed by atoms with van der Waals surface area (Å²) in [5.41, 5.74) is 0. The largest absolute Gasteiger partial charge is 0.485 e. The lowest BCUT2D eigenvalue weighted by Crippen LogP contribution is -2.14. The Bertz CT molecular complexity index is 1160. The van der Waals surface area contributed by atoms with E-state index >= 15 is 0 Å². The van der Waals surface area contributed by atoms with E-state index in [9.17, 15) is 0 Å².